The molecule has 0 aromatic heterocycles. The number of nitrogens with one attached hydrogen (secondary N) is 3. The third-order valence-corrected chi connectivity index (χ3v) is 7.28. The highest BCUT2D eigenvalue weighted by atomic mass is 35.5. The molecule has 0 aliphatic heterocycles. The number of amides is 3. The van der Waals surface area contributed by atoms with E-state index in [-0.39, 0.29) is 33.8 Å². The van der Waals surface area contributed by atoms with Gasteiger partial charge in [0.05, 0.1) is 28.1 Å². The third kappa shape index (κ3) is 7.46. The van der Waals surface area contributed by atoms with Gasteiger partial charge >= 0.3 is 5.97 Å². The lowest BCUT2D eigenvalue weighted by molar-refractivity contribution is -0.146. The zero-order valence-corrected chi connectivity index (χ0v) is 22.4. The van der Waals surface area contributed by atoms with Gasteiger partial charge in [-0.15, -0.1) is 0 Å². The summed E-state index contributed by atoms with van der Waals surface area (Å²) in [6, 6.07) is 10.9. The molecule has 1 fully saturated rings. The molecule has 0 bridgehead atoms. The Labute approximate surface area is 226 Å². The highest BCUT2D eigenvalue weighted by molar-refractivity contribution is 6.40. The lowest BCUT2D eigenvalue weighted by Gasteiger charge is -2.30. The van der Waals surface area contributed by atoms with E-state index in [1.165, 1.54) is 14.0 Å². The molecule has 10 heteroatoms. The zero-order valence-electron chi connectivity index (χ0n) is 20.9. The van der Waals surface area contributed by atoms with Crippen LogP contribution in [-0.2, 0) is 25.5 Å². The molecule has 2 aromatic rings. The Balaban J connectivity index is 1.67. The van der Waals surface area contributed by atoms with Crippen LogP contribution in [0.3, 0.4) is 0 Å². The van der Waals surface area contributed by atoms with E-state index >= 15 is 0 Å². The van der Waals surface area contributed by atoms with Gasteiger partial charge < -0.3 is 20.7 Å². The molecule has 0 radical (unpaired) electrons. The van der Waals surface area contributed by atoms with Crippen molar-refractivity contribution in [3.05, 3.63) is 63.6 Å². The summed E-state index contributed by atoms with van der Waals surface area (Å²) in [6.45, 7) is 1.84. The van der Waals surface area contributed by atoms with Gasteiger partial charge in [-0.2, -0.15) is 0 Å². The molecular formula is C27H31Cl2N3O5. The van der Waals surface area contributed by atoms with Gasteiger partial charge in [-0.1, -0.05) is 54.2 Å². The van der Waals surface area contributed by atoms with Crippen LogP contribution in [0, 0.1) is 5.41 Å². The SMILES string of the molecule is COC(=O)[C@H](Cc1ccc(NC(=O)c2c(Cl)cccc2Cl)cc1)NC(=O)C1(CCNC(C)=O)CCCC1. The number of carbonyl (C=O) groups excluding carboxylic acids is 4. The van der Waals surface area contributed by atoms with Crippen LogP contribution in [0.25, 0.3) is 0 Å². The predicted octanol–water partition coefficient (Wildman–Crippen LogP) is 4.53. The molecule has 3 rings (SSSR count). The summed E-state index contributed by atoms with van der Waals surface area (Å²) in [7, 11) is 1.28. The smallest absolute Gasteiger partial charge is 0.328 e. The van der Waals surface area contributed by atoms with Crippen molar-refractivity contribution in [2.75, 3.05) is 19.0 Å². The summed E-state index contributed by atoms with van der Waals surface area (Å²) in [6.07, 6.45) is 3.97. The van der Waals surface area contributed by atoms with Gasteiger partial charge in [0.1, 0.15) is 6.04 Å². The summed E-state index contributed by atoms with van der Waals surface area (Å²) in [4.78, 5) is 49.8. The number of anilines is 1. The normalized spacial score (nSPS) is 14.9. The van der Waals surface area contributed by atoms with Gasteiger partial charge in [-0.25, -0.2) is 4.79 Å². The number of rotatable bonds is 10. The molecule has 37 heavy (non-hydrogen) atoms. The van der Waals surface area contributed by atoms with E-state index in [9.17, 15) is 19.2 Å². The minimum absolute atomic E-state index is 0.143. The van der Waals surface area contributed by atoms with Crippen LogP contribution >= 0.6 is 23.2 Å². The van der Waals surface area contributed by atoms with E-state index in [0.29, 0.717) is 31.5 Å². The van der Waals surface area contributed by atoms with Crippen LogP contribution < -0.4 is 16.0 Å². The fourth-order valence-corrected chi connectivity index (χ4v) is 5.20. The first-order valence-electron chi connectivity index (χ1n) is 12.1. The van der Waals surface area contributed by atoms with Crippen LogP contribution in [-0.4, -0.2) is 43.4 Å². The summed E-state index contributed by atoms with van der Waals surface area (Å²) >= 11 is 12.2. The van der Waals surface area contributed by atoms with E-state index in [2.05, 4.69) is 16.0 Å². The number of methoxy groups -OCH3 is 1. The zero-order chi connectivity index (χ0) is 27.0. The lowest BCUT2D eigenvalue weighted by atomic mass is 9.81. The lowest BCUT2D eigenvalue weighted by Crippen LogP contribution is -2.49. The fraction of sp³-hybridized carbons (Fsp3) is 0.407. The predicted molar refractivity (Wildman–Crippen MR) is 143 cm³/mol. The summed E-state index contributed by atoms with van der Waals surface area (Å²) in [5.41, 5.74) is 0.847. The van der Waals surface area contributed by atoms with Crippen LogP contribution in [0.4, 0.5) is 5.69 Å². The number of ether oxygens (including phenoxy) is 1. The molecule has 0 unspecified atom stereocenters. The van der Waals surface area contributed by atoms with Crippen molar-refractivity contribution in [1.82, 2.24) is 10.6 Å². The van der Waals surface area contributed by atoms with E-state index in [1.54, 1.807) is 42.5 Å². The van der Waals surface area contributed by atoms with E-state index < -0.39 is 23.3 Å². The van der Waals surface area contributed by atoms with Crippen LogP contribution in [0.5, 0.6) is 0 Å². The number of carbonyl (C=O) groups is 4. The molecule has 0 heterocycles. The van der Waals surface area contributed by atoms with Crippen LogP contribution in [0.15, 0.2) is 42.5 Å². The maximum atomic E-state index is 13.3. The van der Waals surface area contributed by atoms with E-state index in [0.717, 1.165) is 18.4 Å². The topological polar surface area (TPSA) is 114 Å². The highest BCUT2D eigenvalue weighted by Gasteiger charge is 2.42. The van der Waals surface area contributed by atoms with Gasteiger partial charge in [0, 0.05) is 25.6 Å². The largest absolute Gasteiger partial charge is 0.467 e. The van der Waals surface area contributed by atoms with Gasteiger partial charge in [-0.3, -0.25) is 14.4 Å². The van der Waals surface area contributed by atoms with Crippen LogP contribution in [0.1, 0.15) is 54.9 Å². The molecule has 198 valence electrons. The van der Waals surface area contributed by atoms with Crippen molar-refractivity contribution in [2.45, 2.75) is 51.5 Å². The van der Waals surface area contributed by atoms with Gasteiger partial charge in [0.15, 0.2) is 0 Å². The first-order valence-corrected chi connectivity index (χ1v) is 12.9. The molecule has 3 N–H and O–H groups in total. The van der Waals surface area contributed by atoms with E-state index in [4.69, 9.17) is 27.9 Å². The number of esters is 1. The molecule has 0 saturated heterocycles. The number of halogens is 2. The maximum absolute atomic E-state index is 13.3. The molecule has 2 aromatic carbocycles. The van der Waals surface area contributed by atoms with Crippen molar-refractivity contribution in [3.63, 3.8) is 0 Å². The van der Waals surface area contributed by atoms with Gasteiger partial charge in [0.25, 0.3) is 5.91 Å². The fourth-order valence-electron chi connectivity index (χ4n) is 4.64. The average Bonchev–Trinajstić information content (AvgIpc) is 3.34. The molecule has 0 spiro atoms. The standard InChI is InChI=1S/C27H31Cl2N3O5/c1-17(33)30-15-14-27(12-3-4-13-27)26(36)32-22(25(35)37-2)16-18-8-10-19(11-9-18)31-24(34)23-20(28)6-5-7-21(23)29/h5-11,22H,3-4,12-16H2,1-2H3,(H,30,33)(H,31,34)(H,32,36)/t22-/m0/s1. The molecule has 1 aliphatic carbocycles. The Bertz CT molecular complexity index is 1130. The average molecular weight is 548 g/mol. The van der Waals surface area contributed by atoms with Crippen LogP contribution in [0.2, 0.25) is 10.0 Å². The Morgan fingerprint density at radius 1 is 1.00 bits per heavy atom. The third-order valence-electron chi connectivity index (χ3n) is 6.65. The molecule has 8 nitrogen and oxygen atoms in total. The first-order chi connectivity index (χ1) is 17.6. The number of hydrogen-bond acceptors (Lipinski definition) is 5. The van der Waals surface area contributed by atoms with Crippen molar-refractivity contribution in [2.24, 2.45) is 5.41 Å². The minimum Gasteiger partial charge on any atom is -0.467 e. The van der Waals surface area contributed by atoms with Crippen molar-refractivity contribution in [3.8, 4) is 0 Å². The van der Waals surface area contributed by atoms with Crippen molar-refractivity contribution < 1.29 is 23.9 Å². The van der Waals surface area contributed by atoms with Crippen molar-refractivity contribution in [1.29, 1.82) is 0 Å². The number of hydrogen-bond donors (Lipinski definition) is 3. The maximum Gasteiger partial charge on any atom is 0.328 e. The Kier molecular flexibility index (Phi) is 9.94. The molecule has 1 aliphatic rings. The highest BCUT2D eigenvalue weighted by Crippen LogP contribution is 2.41. The summed E-state index contributed by atoms with van der Waals surface area (Å²) < 4.78 is 4.95. The van der Waals surface area contributed by atoms with E-state index in [1.807, 2.05) is 0 Å². The Hall–Kier alpha value is -3.10. The molecular weight excluding hydrogens is 517 g/mol. The Morgan fingerprint density at radius 3 is 2.19 bits per heavy atom. The van der Waals surface area contributed by atoms with Gasteiger partial charge in [0.2, 0.25) is 11.8 Å². The molecule has 3 amide bonds. The number of benzene rings is 2. The summed E-state index contributed by atoms with van der Waals surface area (Å²) in [5, 5.41) is 8.90. The molecule has 1 atom stereocenters. The van der Waals surface area contributed by atoms with Crippen molar-refractivity contribution >= 4 is 52.6 Å². The second kappa shape index (κ2) is 12.9. The second-order valence-electron chi connectivity index (χ2n) is 9.22. The van der Waals surface area contributed by atoms with Gasteiger partial charge in [-0.05, 0) is 49.1 Å². The monoisotopic (exact) mass is 547 g/mol. The Morgan fingerprint density at radius 2 is 1.62 bits per heavy atom. The minimum atomic E-state index is -0.877. The molecule has 1 saturated carbocycles. The summed E-state index contributed by atoms with van der Waals surface area (Å²) in [5.74, 6) is -1.33. The first kappa shape index (κ1) is 28.5. The second-order valence-corrected chi connectivity index (χ2v) is 10.0. The quantitative estimate of drug-likeness (QED) is 0.378.